The lowest BCUT2D eigenvalue weighted by Crippen LogP contribution is -2.52. The molecule has 0 saturated heterocycles. The zero-order chi connectivity index (χ0) is 12.2. The van der Waals surface area contributed by atoms with E-state index < -0.39 is 0 Å². The Morgan fingerprint density at radius 1 is 1.50 bits per heavy atom. The third-order valence-corrected chi connectivity index (χ3v) is 3.89. The fourth-order valence-electron chi connectivity index (χ4n) is 2.81. The highest BCUT2D eigenvalue weighted by Gasteiger charge is 2.45. The van der Waals surface area contributed by atoms with E-state index in [4.69, 9.17) is 15.2 Å². The largest absolute Gasteiger partial charge is 0.469 e. The number of ether oxygens (including phenoxy) is 2. The number of hydrogen-bond acceptors (Lipinski definition) is 4. The van der Waals surface area contributed by atoms with Gasteiger partial charge < -0.3 is 15.2 Å². The van der Waals surface area contributed by atoms with Gasteiger partial charge in [-0.3, -0.25) is 4.79 Å². The molecule has 1 aliphatic rings. The van der Waals surface area contributed by atoms with Crippen LogP contribution in [0.1, 0.15) is 39.0 Å². The van der Waals surface area contributed by atoms with Crippen LogP contribution in [-0.4, -0.2) is 32.3 Å². The molecule has 0 heterocycles. The molecule has 94 valence electrons. The Labute approximate surface area is 97.5 Å². The molecule has 0 bridgehead atoms. The summed E-state index contributed by atoms with van der Waals surface area (Å²) in [7, 11) is 3.12. The van der Waals surface area contributed by atoms with Crippen molar-refractivity contribution in [2.45, 2.75) is 51.2 Å². The van der Waals surface area contributed by atoms with Crippen LogP contribution in [0.4, 0.5) is 0 Å². The SMILES string of the molecule is COC(=O)CC1(C(C)N)CCCCC1OC. The molecule has 2 N–H and O–H groups in total. The van der Waals surface area contributed by atoms with Gasteiger partial charge in [-0.25, -0.2) is 0 Å². The lowest BCUT2D eigenvalue weighted by Gasteiger charge is -2.45. The maximum Gasteiger partial charge on any atom is 0.306 e. The minimum Gasteiger partial charge on any atom is -0.469 e. The maximum absolute atomic E-state index is 11.5. The van der Waals surface area contributed by atoms with Crippen molar-refractivity contribution in [3.63, 3.8) is 0 Å². The maximum atomic E-state index is 11.5. The first-order valence-electron chi connectivity index (χ1n) is 5.92. The molecule has 0 aromatic carbocycles. The first kappa shape index (κ1) is 13.5. The number of hydrogen-bond donors (Lipinski definition) is 1. The van der Waals surface area contributed by atoms with Crippen LogP contribution < -0.4 is 5.73 Å². The molecule has 0 aliphatic heterocycles. The zero-order valence-corrected chi connectivity index (χ0v) is 10.5. The number of methoxy groups -OCH3 is 2. The topological polar surface area (TPSA) is 61.5 Å². The second-order valence-electron chi connectivity index (χ2n) is 4.74. The highest BCUT2D eigenvalue weighted by Crippen LogP contribution is 2.43. The third kappa shape index (κ3) is 2.55. The standard InChI is InChI=1S/C12H23NO3/c1-9(13)12(8-11(14)16-3)7-5-4-6-10(12)15-2/h9-10H,4-8,13H2,1-3H3. The molecule has 4 heteroatoms. The summed E-state index contributed by atoms with van der Waals surface area (Å²) in [5, 5.41) is 0. The Bertz CT molecular complexity index is 242. The summed E-state index contributed by atoms with van der Waals surface area (Å²) in [6, 6.07) is -0.0585. The molecular weight excluding hydrogens is 206 g/mol. The van der Waals surface area contributed by atoms with Gasteiger partial charge in [-0.15, -0.1) is 0 Å². The van der Waals surface area contributed by atoms with E-state index in [0.29, 0.717) is 6.42 Å². The van der Waals surface area contributed by atoms with E-state index in [0.717, 1.165) is 25.7 Å². The number of carbonyl (C=O) groups is 1. The fraction of sp³-hybridized carbons (Fsp3) is 0.917. The van der Waals surface area contributed by atoms with Crippen molar-refractivity contribution in [2.75, 3.05) is 14.2 Å². The van der Waals surface area contributed by atoms with E-state index in [9.17, 15) is 4.79 Å². The summed E-state index contributed by atoms with van der Waals surface area (Å²) >= 11 is 0. The highest BCUT2D eigenvalue weighted by atomic mass is 16.5. The summed E-state index contributed by atoms with van der Waals surface area (Å²) in [6.45, 7) is 1.96. The van der Waals surface area contributed by atoms with Crippen LogP contribution in [-0.2, 0) is 14.3 Å². The summed E-state index contributed by atoms with van der Waals surface area (Å²) < 4.78 is 10.3. The second kappa shape index (κ2) is 5.64. The predicted molar refractivity (Wildman–Crippen MR) is 62.0 cm³/mol. The monoisotopic (exact) mass is 229 g/mol. The van der Waals surface area contributed by atoms with Crippen LogP contribution in [0.15, 0.2) is 0 Å². The summed E-state index contributed by atoms with van der Waals surface area (Å²) in [6.07, 6.45) is 4.61. The Hall–Kier alpha value is -0.610. The van der Waals surface area contributed by atoms with Gasteiger partial charge >= 0.3 is 5.97 Å². The van der Waals surface area contributed by atoms with Crippen molar-refractivity contribution in [1.29, 1.82) is 0 Å². The molecule has 1 rings (SSSR count). The first-order valence-corrected chi connectivity index (χ1v) is 5.92. The number of rotatable bonds is 4. The molecule has 3 atom stereocenters. The highest BCUT2D eigenvalue weighted by molar-refractivity contribution is 5.70. The molecule has 16 heavy (non-hydrogen) atoms. The van der Waals surface area contributed by atoms with E-state index >= 15 is 0 Å². The van der Waals surface area contributed by atoms with Crippen LogP contribution in [0.3, 0.4) is 0 Å². The van der Waals surface area contributed by atoms with E-state index in [1.807, 2.05) is 6.92 Å². The summed E-state index contributed by atoms with van der Waals surface area (Å²) in [4.78, 5) is 11.5. The van der Waals surface area contributed by atoms with E-state index in [1.54, 1.807) is 7.11 Å². The van der Waals surface area contributed by atoms with Crippen molar-refractivity contribution >= 4 is 5.97 Å². The third-order valence-electron chi connectivity index (χ3n) is 3.89. The quantitative estimate of drug-likeness (QED) is 0.742. The minimum absolute atomic E-state index is 0.0585. The van der Waals surface area contributed by atoms with E-state index in [-0.39, 0.29) is 23.5 Å². The van der Waals surface area contributed by atoms with Crippen LogP contribution >= 0.6 is 0 Å². The lowest BCUT2D eigenvalue weighted by molar-refractivity contribution is -0.149. The molecule has 0 spiro atoms. The predicted octanol–water partition coefficient (Wildman–Crippen LogP) is 1.47. The van der Waals surface area contributed by atoms with Gasteiger partial charge in [-0.1, -0.05) is 12.8 Å². The van der Waals surface area contributed by atoms with Gasteiger partial charge in [0.15, 0.2) is 0 Å². The van der Waals surface area contributed by atoms with Crippen LogP contribution in [0.2, 0.25) is 0 Å². The minimum atomic E-state index is -0.250. The van der Waals surface area contributed by atoms with Crippen molar-refractivity contribution < 1.29 is 14.3 Å². The second-order valence-corrected chi connectivity index (χ2v) is 4.74. The number of carbonyl (C=O) groups excluding carboxylic acids is 1. The molecule has 0 radical (unpaired) electrons. The van der Waals surface area contributed by atoms with Crippen molar-refractivity contribution in [3.05, 3.63) is 0 Å². The van der Waals surface area contributed by atoms with Crippen molar-refractivity contribution in [1.82, 2.24) is 0 Å². The van der Waals surface area contributed by atoms with Gasteiger partial charge in [-0.2, -0.15) is 0 Å². The van der Waals surface area contributed by atoms with Crippen LogP contribution in [0.5, 0.6) is 0 Å². The smallest absolute Gasteiger partial charge is 0.306 e. The molecule has 0 amide bonds. The van der Waals surface area contributed by atoms with E-state index in [2.05, 4.69) is 0 Å². The molecule has 1 aliphatic carbocycles. The van der Waals surface area contributed by atoms with Gasteiger partial charge in [0, 0.05) is 18.6 Å². The van der Waals surface area contributed by atoms with Crippen molar-refractivity contribution in [2.24, 2.45) is 11.1 Å². The lowest BCUT2D eigenvalue weighted by atomic mass is 9.65. The van der Waals surface area contributed by atoms with E-state index in [1.165, 1.54) is 7.11 Å². The molecule has 3 unspecified atom stereocenters. The van der Waals surface area contributed by atoms with Crippen LogP contribution in [0.25, 0.3) is 0 Å². The average molecular weight is 229 g/mol. The Balaban J connectivity index is 2.87. The average Bonchev–Trinajstić information content (AvgIpc) is 2.29. The molecular formula is C12H23NO3. The fourth-order valence-corrected chi connectivity index (χ4v) is 2.81. The van der Waals surface area contributed by atoms with Gasteiger partial charge in [0.1, 0.15) is 0 Å². The number of nitrogens with two attached hydrogens (primary N) is 1. The first-order chi connectivity index (χ1) is 7.56. The van der Waals surface area contributed by atoms with Crippen LogP contribution in [0, 0.1) is 5.41 Å². The van der Waals surface area contributed by atoms with Gasteiger partial charge in [0.25, 0.3) is 0 Å². The Morgan fingerprint density at radius 2 is 2.19 bits per heavy atom. The zero-order valence-electron chi connectivity index (χ0n) is 10.5. The molecule has 0 aromatic rings. The van der Waals surface area contributed by atoms with Gasteiger partial charge in [-0.05, 0) is 19.8 Å². The Morgan fingerprint density at radius 3 is 2.69 bits per heavy atom. The van der Waals surface area contributed by atoms with Gasteiger partial charge in [0.2, 0.25) is 0 Å². The molecule has 1 saturated carbocycles. The Kier molecular flexibility index (Phi) is 4.74. The molecule has 4 nitrogen and oxygen atoms in total. The summed E-state index contributed by atoms with van der Waals surface area (Å²) in [5.74, 6) is -0.193. The van der Waals surface area contributed by atoms with Crippen molar-refractivity contribution in [3.8, 4) is 0 Å². The molecule has 0 aromatic heterocycles. The number of esters is 1. The normalized spacial score (nSPS) is 32.1. The van der Waals surface area contributed by atoms with Gasteiger partial charge in [0.05, 0.1) is 19.6 Å². The summed E-state index contributed by atoms with van der Waals surface area (Å²) in [5.41, 5.74) is 5.83. The molecule has 1 fully saturated rings.